The van der Waals surface area contributed by atoms with Crippen molar-refractivity contribution in [2.24, 2.45) is 0 Å². The summed E-state index contributed by atoms with van der Waals surface area (Å²) in [5.41, 5.74) is 2.20. The van der Waals surface area contributed by atoms with Gasteiger partial charge in [-0.15, -0.1) is 0 Å². The van der Waals surface area contributed by atoms with E-state index in [1.165, 1.54) is 6.07 Å². The maximum atomic E-state index is 14.0. The number of nitrogens with one attached hydrogen (secondary N) is 1. The number of hydrogen-bond donors (Lipinski definition) is 1. The molecule has 0 spiro atoms. The molecule has 0 aliphatic carbocycles. The van der Waals surface area contributed by atoms with E-state index < -0.39 is 5.82 Å². The predicted molar refractivity (Wildman–Crippen MR) is 110 cm³/mol. The fourth-order valence-electron chi connectivity index (χ4n) is 2.87. The molecular formula is C22H16ClFN2O3. The van der Waals surface area contributed by atoms with Gasteiger partial charge in [0.2, 0.25) is 5.89 Å². The van der Waals surface area contributed by atoms with Crippen LogP contribution < -0.4 is 10.1 Å². The van der Waals surface area contributed by atoms with E-state index in [9.17, 15) is 9.18 Å². The second-order valence-corrected chi connectivity index (χ2v) is 6.62. The van der Waals surface area contributed by atoms with Crippen LogP contribution in [-0.2, 0) is 0 Å². The molecule has 5 nitrogen and oxygen atoms in total. The Kier molecular flexibility index (Phi) is 5.18. The molecule has 0 unspecified atom stereocenters. The number of hydrogen-bond acceptors (Lipinski definition) is 4. The van der Waals surface area contributed by atoms with E-state index in [-0.39, 0.29) is 17.4 Å². The number of oxazole rings is 1. The zero-order valence-corrected chi connectivity index (χ0v) is 16.2. The molecule has 0 bridgehead atoms. The van der Waals surface area contributed by atoms with Crippen molar-refractivity contribution in [1.82, 2.24) is 4.98 Å². The lowest BCUT2D eigenvalue weighted by Crippen LogP contribution is -2.11. The summed E-state index contributed by atoms with van der Waals surface area (Å²) < 4.78 is 25.0. The molecular weight excluding hydrogens is 395 g/mol. The summed E-state index contributed by atoms with van der Waals surface area (Å²) >= 11 is 6.15. The maximum Gasteiger partial charge on any atom is 0.255 e. The molecule has 1 aromatic heterocycles. The fourth-order valence-corrected chi connectivity index (χ4v) is 3.11. The van der Waals surface area contributed by atoms with Crippen LogP contribution in [0.5, 0.6) is 5.75 Å². The number of rotatable bonds is 5. The first-order chi connectivity index (χ1) is 14.0. The van der Waals surface area contributed by atoms with Gasteiger partial charge < -0.3 is 14.5 Å². The predicted octanol–water partition coefficient (Wildman–Crippen LogP) is 5.94. The first-order valence-electron chi connectivity index (χ1n) is 8.94. The largest absolute Gasteiger partial charge is 0.492 e. The molecule has 1 N–H and O–H groups in total. The van der Waals surface area contributed by atoms with Gasteiger partial charge in [0.25, 0.3) is 5.91 Å². The Morgan fingerprint density at radius 2 is 2.00 bits per heavy atom. The number of nitrogens with zero attached hydrogens (tertiary/aromatic N) is 1. The molecule has 0 aliphatic heterocycles. The highest BCUT2D eigenvalue weighted by molar-refractivity contribution is 6.32. The quantitative estimate of drug-likeness (QED) is 0.442. The molecule has 0 fully saturated rings. The lowest BCUT2D eigenvalue weighted by atomic mass is 10.2. The number of aromatic nitrogens is 1. The Labute approximate surface area is 171 Å². The van der Waals surface area contributed by atoms with E-state index in [4.69, 9.17) is 20.8 Å². The van der Waals surface area contributed by atoms with Crippen LogP contribution in [-0.4, -0.2) is 17.5 Å². The highest BCUT2D eigenvalue weighted by Crippen LogP contribution is 2.29. The topological polar surface area (TPSA) is 64.4 Å². The standard InChI is InChI=1S/C22H16ClFN2O3/c1-2-28-19-9-7-13(11-16(19)23)21(27)25-14-8-10-20-18(12-14)26-22(29-20)15-5-3-4-6-17(15)24/h3-12H,2H2,1H3,(H,25,27). The number of benzene rings is 3. The minimum Gasteiger partial charge on any atom is -0.492 e. The highest BCUT2D eigenvalue weighted by Gasteiger charge is 2.14. The Balaban J connectivity index is 1.58. The molecule has 4 rings (SSSR count). The summed E-state index contributed by atoms with van der Waals surface area (Å²) in [5.74, 6) is -0.0395. The van der Waals surface area contributed by atoms with Gasteiger partial charge in [-0.05, 0) is 55.5 Å². The smallest absolute Gasteiger partial charge is 0.255 e. The van der Waals surface area contributed by atoms with Crippen molar-refractivity contribution in [1.29, 1.82) is 0 Å². The summed E-state index contributed by atoms with van der Waals surface area (Å²) in [7, 11) is 0. The minimum absolute atomic E-state index is 0.180. The average molecular weight is 411 g/mol. The van der Waals surface area contributed by atoms with Crippen LogP contribution in [0.1, 0.15) is 17.3 Å². The van der Waals surface area contributed by atoms with Gasteiger partial charge in [0.05, 0.1) is 17.2 Å². The van der Waals surface area contributed by atoms with E-state index in [0.29, 0.717) is 39.7 Å². The Bertz CT molecular complexity index is 1210. The van der Waals surface area contributed by atoms with Gasteiger partial charge in [-0.25, -0.2) is 9.37 Å². The molecule has 4 aromatic rings. The molecule has 1 heterocycles. The summed E-state index contributed by atoms with van der Waals surface area (Å²) in [6.07, 6.45) is 0. The van der Waals surface area contributed by atoms with Gasteiger partial charge in [-0.3, -0.25) is 4.79 Å². The molecule has 146 valence electrons. The van der Waals surface area contributed by atoms with Gasteiger partial charge in [0, 0.05) is 11.3 Å². The van der Waals surface area contributed by atoms with Crippen molar-refractivity contribution in [3.8, 4) is 17.2 Å². The molecule has 0 atom stereocenters. The molecule has 7 heteroatoms. The Hall–Kier alpha value is -3.38. The summed E-state index contributed by atoms with van der Waals surface area (Å²) in [5, 5.41) is 3.16. The Morgan fingerprint density at radius 3 is 2.76 bits per heavy atom. The van der Waals surface area contributed by atoms with Crippen molar-refractivity contribution in [2.45, 2.75) is 6.92 Å². The van der Waals surface area contributed by atoms with Crippen LogP contribution in [0.15, 0.2) is 65.1 Å². The number of amides is 1. The third-order valence-corrected chi connectivity index (χ3v) is 4.54. The normalized spacial score (nSPS) is 10.9. The van der Waals surface area contributed by atoms with Crippen LogP contribution in [0.2, 0.25) is 5.02 Å². The van der Waals surface area contributed by atoms with Crippen molar-refractivity contribution in [3.63, 3.8) is 0 Å². The molecule has 0 aliphatic rings. The number of ether oxygens (including phenoxy) is 1. The minimum atomic E-state index is -0.417. The monoisotopic (exact) mass is 410 g/mol. The van der Waals surface area contributed by atoms with E-state index in [2.05, 4.69) is 10.3 Å². The summed E-state index contributed by atoms with van der Waals surface area (Å²) in [6, 6.07) is 16.1. The number of carbonyl (C=O) groups excluding carboxylic acids is 1. The molecule has 29 heavy (non-hydrogen) atoms. The van der Waals surface area contributed by atoms with Gasteiger partial charge in [-0.1, -0.05) is 23.7 Å². The van der Waals surface area contributed by atoms with Crippen LogP contribution in [0.4, 0.5) is 10.1 Å². The Morgan fingerprint density at radius 1 is 1.17 bits per heavy atom. The van der Waals surface area contributed by atoms with E-state index >= 15 is 0 Å². The van der Waals surface area contributed by atoms with Crippen LogP contribution in [0.3, 0.4) is 0 Å². The highest BCUT2D eigenvalue weighted by atomic mass is 35.5. The molecule has 0 radical (unpaired) electrons. The van der Waals surface area contributed by atoms with Gasteiger partial charge >= 0.3 is 0 Å². The third-order valence-electron chi connectivity index (χ3n) is 4.24. The molecule has 3 aromatic carbocycles. The SMILES string of the molecule is CCOc1ccc(C(=O)Nc2ccc3oc(-c4ccccc4F)nc3c2)cc1Cl. The van der Waals surface area contributed by atoms with E-state index in [0.717, 1.165) is 0 Å². The second-order valence-electron chi connectivity index (χ2n) is 6.21. The van der Waals surface area contributed by atoms with E-state index in [1.807, 2.05) is 6.92 Å². The molecule has 0 saturated heterocycles. The molecule has 1 amide bonds. The van der Waals surface area contributed by atoms with Gasteiger partial charge in [-0.2, -0.15) is 0 Å². The van der Waals surface area contributed by atoms with Crippen molar-refractivity contribution in [3.05, 3.63) is 77.1 Å². The summed E-state index contributed by atoms with van der Waals surface area (Å²) in [6.45, 7) is 2.34. The lowest BCUT2D eigenvalue weighted by Gasteiger charge is -2.08. The molecule has 0 saturated carbocycles. The van der Waals surface area contributed by atoms with Crippen molar-refractivity contribution >= 4 is 34.3 Å². The first-order valence-corrected chi connectivity index (χ1v) is 9.32. The maximum absolute atomic E-state index is 14.0. The number of anilines is 1. The number of carbonyl (C=O) groups is 1. The van der Waals surface area contributed by atoms with Crippen molar-refractivity contribution in [2.75, 3.05) is 11.9 Å². The summed E-state index contributed by atoms with van der Waals surface area (Å²) in [4.78, 5) is 16.9. The van der Waals surface area contributed by atoms with Crippen LogP contribution in [0, 0.1) is 5.82 Å². The van der Waals surface area contributed by atoms with Gasteiger partial charge in [0.1, 0.15) is 17.1 Å². The van der Waals surface area contributed by atoms with E-state index in [1.54, 1.807) is 54.6 Å². The average Bonchev–Trinajstić information content (AvgIpc) is 3.13. The number of halogens is 2. The van der Waals surface area contributed by atoms with Crippen LogP contribution in [0.25, 0.3) is 22.6 Å². The fraction of sp³-hybridized carbons (Fsp3) is 0.0909. The van der Waals surface area contributed by atoms with Crippen LogP contribution >= 0.6 is 11.6 Å². The third kappa shape index (κ3) is 3.93. The zero-order valence-electron chi connectivity index (χ0n) is 15.4. The first kappa shape index (κ1) is 19.0. The lowest BCUT2D eigenvalue weighted by molar-refractivity contribution is 0.102. The zero-order chi connectivity index (χ0) is 20.4. The second kappa shape index (κ2) is 7.93. The number of fused-ring (bicyclic) bond motifs is 1. The van der Waals surface area contributed by atoms with Gasteiger partial charge in [0.15, 0.2) is 5.58 Å². The van der Waals surface area contributed by atoms with Crippen molar-refractivity contribution < 1.29 is 18.3 Å².